The van der Waals surface area contributed by atoms with Crippen molar-refractivity contribution in [2.24, 2.45) is 11.7 Å². The van der Waals surface area contributed by atoms with E-state index in [1.807, 2.05) is 6.92 Å². The lowest BCUT2D eigenvalue weighted by molar-refractivity contribution is -0.122. The number of amides is 1. The van der Waals surface area contributed by atoms with Gasteiger partial charge in [-0.2, -0.15) is 0 Å². The van der Waals surface area contributed by atoms with Gasteiger partial charge in [0, 0.05) is 5.92 Å². The molecule has 1 atom stereocenters. The van der Waals surface area contributed by atoms with Gasteiger partial charge in [-0.15, -0.1) is 0 Å². The summed E-state index contributed by atoms with van der Waals surface area (Å²) in [5, 5.41) is 0. The Morgan fingerprint density at radius 3 is 2.23 bits per heavy atom. The number of primary amides is 1. The van der Waals surface area contributed by atoms with E-state index in [1.54, 1.807) is 0 Å². The lowest BCUT2D eigenvalue weighted by Gasteiger charge is -2.09. The molecule has 78 valence electrons. The molecule has 0 fully saturated rings. The zero-order valence-electron chi connectivity index (χ0n) is 9.01. The first-order valence-corrected chi connectivity index (χ1v) is 5.51. The van der Waals surface area contributed by atoms with E-state index in [2.05, 4.69) is 6.92 Å². The van der Waals surface area contributed by atoms with Crippen LogP contribution in [0, 0.1) is 5.92 Å². The standard InChI is InChI=1S/C11H23NO/c1-3-5-6-7-8-9-10(4-2)11(12)13/h10H,3-9H2,1-2H3,(H2,12,13). The third-order valence-electron chi connectivity index (χ3n) is 2.55. The molecule has 0 radical (unpaired) electrons. The Balaban J connectivity index is 3.33. The molecule has 0 aromatic carbocycles. The molecule has 0 spiro atoms. The minimum absolute atomic E-state index is 0.113. The molecule has 13 heavy (non-hydrogen) atoms. The van der Waals surface area contributed by atoms with E-state index in [0.29, 0.717) is 0 Å². The van der Waals surface area contributed by atoms with Crippen LogP contribution >= 0.6 is 0 Å². The van der Waals surface area contributed by atoms with E-state index < -0.39 is 0 Å². The number of carbonyl (C=O) groups is 1. The Bertz CT molecular complexity index is 134. The second-order valence-electron chi connectivity index (χ2n) is 3.71. The molecule has 1 unspecified atom stereocenters. The molecular formula is C11H23NO. The summed E-state index contributed by atoms with van der Waals surface area (Å²) in [6, 6.07) is 0. The van der Waals surface area contributed by atoms with Gasteiger partial charge in [-0.25, -0.2) is 0 Å². The Kier molecular flexibility index (Phi) is 7.76. The normalized spacial score (nSPS) is 12.8. The van der Waals surface area contributed by atoms with Crippen molar-refractivity contribution in [2.45, 2.75) is 58.8 Å². The maximum Gasteiger partial charge on any atom is 0.220 e. The predicted molar refractivity (Wildman–Crippen MR) is 56.4 cm³/mol. The zero-order valence-corrected chi connectivity index (χ0v) is 9.01. The average molecular weight is 185 g/mol. The van der Waals surface area contributed by atoms with Crippen molar-refractivity contribution in [3.05, 3.63) is 0 Å². The van der Waals surface area contributed by atoms with Crippen LogP contribution in [0.1, 0.15) is 58.8 Å². The molecule has 1 amide bonds. The maximum atomic E-state index is 10.9. The largest absolute Gasteiger partial charge is 0.369 e. The fraction of sp³-hybridized carbons (Fsp3) is 0.909. The molecule has 0 aliphatic rings. The van der Waals surface area contributed by atoms with Crippen molar-refractivity contribution >= 4 is 5.91 Å². The molecule has 0 saturated carbocycles. The van der Waals surface area contributed by atoms with Crippen LogP contribution in [0.25, 0.3) is 0 Å². The molecule has 0 aromatic rings. The highest BCUT2D eigenvalue weighted by molar-refractivity contribution is 5.76. The second-order valence-corrected chi connectivity index (χ2v) is 3.71. The van der Waals surface area contributed by atoms with Gasteiger partial charge in [0.1, 0.15) is 0 Å². The molecule has 0 saturated heterocycles. The second kappa shape index (κ2) is 8.09. The zero-order chi connectivity index (χ0) is 10.1. The van der Waals surface area contributed by atoms with Crippen LogP contribution < -0.4 is 5.73 Å². The molecule has 0 heterocycles. The third-order valence-corrected chi connectivity index (χ3v) is 2.55. The van der Waals surface area contributed by atoms with Crippen molar-refractivity contribution in [3.8, 4) is 0 Å². The van der Waals surface area contributed by atoms with Crippen LogP contribution in [0.4, 0.5) is 0 Å². The Hall–Kier alpha value is -0.530. The molecule has 2 nitrogen and oxygen atoms in total. The Morgan fingerprint density at radius 1 is 1.15 bits per heavy atom. The van der Waals surface area contributed by atoms with Crippen molar-refractivity contribution in [3.63, 3.8) is 0 Å². The fourth-order valence-electron chi connectivity index (χ4n) is 1.54. The van der Waals surface area contributed by atoms with Crippen molar-refractivity contribution in [1.82, 2.24) is 0 Å². The SMILES string of the molecule is CCCCCCCC(CC)C(N)=O. The van der Waals surface area contributed by atoms with E-state index >= 15 is 0 Å². The van der Waals surface area contributed by atoms with Gasteiger partial charge in [0.05, 0.1) is 0 Å². The van der Waals surface area contributed by atoms with Gasteiger partial charge in [-0.1, -0.05) is 46.0 Å². The van der Waals surface area contributed by atoms with E-state index in [9.17, 15) is 4.79 Å². The van der Waals surface area contributed by atoms with Crippen molar-refractivity contribution in [1.29, 1.82) is 0 Å². The van der Waals surface area contributed by atoms with Gasteiger partial charge >= 0.3 is 0 Å². The number of rotatable bonds is 8. The Labute approximate surface area is 81.9 Å². The number of hydrogen-bond donors (Lipinski definition) is 1. The number of nitrogens with two attached hydrogens (primary N) is 1. The van der Waals surface area contributed by atoms with E-state index in [4.69, 9.17) is 5.73 Å². The van der Waals surface area contributed by atoms with Crippen molar-refractivity contribution in [2.75, 3.05) is 0 Å². The maximum absolute atomic E-state index is 10.9. The first-order valence-electron chi connectivity index (χ1n) is 5.51. The summed E-state index contributed by atoms with van der Waals surface area (Å²) in [7, 11) is 0. The van der Waals surface area contributed by atoms with Crippen molar-refractivity contribution < 1.29 is 4.79 Å². The predicted octanol–water partition coefficient (Wildman–Crippen LogP) is 2.86. The molecular weight excluding hydrogens is 162 g/mol. The summed E-state index contributed by atoms with van der Waals surface area (Å²) >= 11 is 0. The minimum atomic E-state index is -0.127. The van der Waals surface area contributed by atoms with E-state index in [0.717, 1.165) is 19.3 Å². The lowest BCUT2D eigenvalue weighted by Crippen LogP contribution is -2.22. The number of carbonyl (C=O) groups excluding carboxylic acids is 1. The number of hydrogen-bond acceptors (Lipinski definition) is 1. The van der Waals surface area contributed by atoms with E-state index in [-0.39, 0.29) is 11.8 Å². The van der Waals surface area contributed by atoms with Gasteiger partial charge in [-0.05, 0) is 12.8 Å². The average Bonchev–Trinajstić information content (AvgIpc) is 2.10. The molecule has 0 bridgehead atoms. The summed E-state index contributed by atoms with van der Waals surface area (Å²) in [4.78, 5) is 10.9. The van der Waals surface area contributed by atoms with Gasteiger partial charge in [0.15, 0.2) is 0 Å². The fourth-order valence-corrected chi connectivity index (χ4v) is 1.54. The van der Waals surface area contributed by atoms with Crippen LogP contribution in [0.2, 0.25) is 0 Å². The smallest absolute Gasteiger partial charge is 0.220 e. The Morgan fingerprint density at radius 2 is 1.77 bits per heavy atom. The summed E-state index contributed by atoms with van der Waals surface area (Å²) in [6.45, 7) is 4.24. The minimum Gasteiger partial charge on any atom is -0.369 e. The van der Waals surface area contributed by atoms with Crippen LogP contribution in [0.15, 0.2) is 0 Å². The molecule has 2 heteroatoms. The molecule has 0 rings (SSSR count). The van der Waals surface area contributed by atoms with Crippen LogP contribution in [-0.2, 0) is 4.79 Å². The highest BCUT2D eigenvalue weighted by Gasteiger charge is 2.11. The first-order chi connectivity index (χ1) is 6.22. The monoisotopic (exact) mass is 185 g/mol. The third kappa shape index (κ3) is 6.62. The summed E-state index contributed by atoms with van der Waals surface area (Å²) < 4.78 is 0. The summed E-state index contributed by atoms with van der Waals surface area (Å²) in [5.74, 6) is -0.0142. The highest BCUT2D eigenvalue weighted by atomic mass is 16.1. The van der Waals surface area contributed by atoms with E-state index in [1.165, 1.54) is 25.7 Å². The topological polar surface area (TPSA) is 43.1 Å². The quantitative estimate of drug-likeness (QED) is 0.580. The molecule has 0 aromatic heterocycles. The highest BCUT2D eigenvalue weighted by Crippen LogP contribution is 2.13. The van der Waals surface area contributed by atoms with Crippen LogP contribution in [0.3, 0.4) is 0 Å². The molecule has 0 aliphatic carbocycles. The summed E-state index contributed by atoms with van der Waals surface area (Å²) in [6.07, 6.45) is 8.16. The summed E-state index contributed by atoms with van der Waals surface area (Å²) in [5.41, 5.74) is 5.25. The van der Waals surface area contributed by atoms with Gasteiger partial charge < -0.3 is 5.73 Å². The number of unbranched alkanes of at least 4 members (excludes halogenated alkanes) is 4. The lowest BCUT2D eigenvalue weighted by atomic mass is 9.97. The van der Waals surface area contributed by atoms with Crippen LogP contribution in [-0.4, -0.2) is 5.91 Å². The molecule has 0 aliphatic heterocycles. The first kappa shape index (κ1) is 12.5. The van der Waals surface area contributed by atoms with Crippen LogP contribution in [0.5, 0.6) is 0 Å². The van der Waals surface area contributed by atoms with Gasteiger partial charge in [-0.3, -0.25) is 4.79 Å². The van der Waals surface area contributed by atoms with Gasteiger partial charge in [0.2, 0.25) is 5.91 Å². The molecule has 2 N–H and O–H groups in total. The van der Waals surface area contributed by atoms with Gasteiger partial charge in [0.25, 0.3) is 0 Å².